The summed E-state index contributed by atoms with van der Waals surface area (Å²) in [6.07, 6.45) is 2.99. The van der Waals surface area contributed by atoms with E-state index >= 15 is 0 Å². The highest BCUT2D eigenvalue weighted by Crippen LogP contribution is 2.35. The number of ether oxygens (including phenoxy) is 1. The number of hydrogen-bond acceptors (Lipinski definition) is 3. The molecule has 4 nitrogen and oxygen atoms in total. The molecule has 1 aliphatic rings. The molecule has 0 spiro atoms. The maximum atomic E-state index is 12.0. The van der Waals surface area contributed by atoms with E-state index in [1.54, 1.807) is 0 Å². The number of nitrogens with one attached hydrogen (secondary N) is 1. The van der Waals surface area contributed by atoms with Gasteiger partial charge < -0.3 is 15.0 Å². The molecule has 2 aromatic carbocycles. The molecule has 0 aliphatic heterocycles. The van der Waals surface area contributed by atoms with Gasteiger partial charge in [-0.1, -0.05) is 23.8 Å². The Kier molecular flexibility index (Phi) is 5.97. The Hall–Kier alpha value is -2.49. The van der Waals surface area contributed by atoms with E-state index in [2.05, 4.69) is 66.7 Å². The molecule has 0 saturated heterocycles. The van der Waals surface area contributed by atoms with Crippen LogP contribution >= 0.6 is 0 Å². The summed E-state index contributed by atoms with van der Waals surface area (Å²) in [6, 6.07) is 15.3. The molecule has 28 heavy (non-hydrogen) atoms. The van der Waals surface area contributed by atoms with Crippen molar-refractivity contribution in [3.63, 3.8) is 0 Å². The van der Waals surface area contributed by atoms with E-state index in [1.165, 1.54) is 28.1 Å². The monoisotopic (exact) mass is 380 g/mol. The number of benzene rings is 2. The second kappa shape index (κ2) is 8.26. The smallest absolute Gasteiger partial charge is 0.407 e. The summed E-state index contributed by atoms with van der Waals surface area (Å²) in [4.78, 5) is 14.2. The van der Waals surface area contributed by atoms with E-state index in [1.807, 2.05) is 20.8 Å². The van der Waals surface area contributed by atoms with Crippen molar-refractivity contribution in [3.8, 4) is 0 Å². The molecule has 0 fully saturated rings. The zero-order valence-corrected chi connectivity index (χ0v) is 17.7. The van der Waals surface area contributed by atoms with Crippen molar-refractivity contribution < 1.29 is 9.53 Å². The fourth-order valence-electron chi connectivity index (χ4n) is 3.76. The third-order valence-corrected chi connectivity index (χ3v) is 5.27. The highest BCUT2D eigenvalue weighted by molar-refractivity contribution is 5.68. The maximum absolute atomic E-state index is 12.0. The van der Waals surface area contributed by atoms with Crippen molar-refractivity contribution in [2.24, 2.45) is 0 Å². The number of anilines is 2. The number of rotatable bonds is 4. The molecule has 0 unspecified atom stereocenters. The van der Waals surface area contributed by atoms with E-state index in [0.29, 0.717) is 12.5 Å². The summed E-state index contributed by atoms with van der Waals surface area (Å²) in [5, 5.41) is 2.95. The van der Waals surface area contributed by atoms with Crippen LogP contribution in [0.25, 0.3) is 0 Å². The second-order valence-corrected chi connectivity index (χ2v) is 8.75. The zero-order chi connectivity index (χ0) is 20.3. The van der Waals surface area contributed by atoms with Crippen LogP contribution in [0.15, 0.2) is 42.5 Å². The van der Waals surface area contributed by atoms with Crippen LogP contribution in [0.4, 0.5) is 16.2 Å². The molecule has 1 atom stereocenters. The summed E-state index contributed by atoms with van der Waals surface area (Å²) in [5.74, 6) is 0.343. The fourth-order valence-corrected chi connectivity index (χ4v) is 3.76. The quantitative estimate of drug-likeness (QED) is 0.739. The first-order valence-corrected chi connectivity index (χ1v) is 10.1. The molecule has 0 saturated carbocycles. The standard InChI is InChI=1S/C24H32N2O2/c1-17-9-11-20(12-10-17)26(5)21-13-14-22-18(15-21)7-6-8-19(22)16-25-23(27)28-24(2,3)4/h9-15,19H,6-8,16H2,1-5H3,(H,25,27)/t19-/m0/s1. The Labute approximate surface area is 168 Å². The van der Waals surface area contributed by atoms with Crippen molar-refractivity contribution in [1.82, 2.24) is 5.32 Å². The van der Waals surface area contributed by atoms with Gasteiger partial charge in [0.15, 0.2) is 0 Å². The topological polar surface area (TPSA) is 41.6 Å². The zero-order valence-electron chi connectivity index (χ0n) is 17.7. The summed E-state index contributed by atoms with van der Waals surface area (Å²) in [5.41, 5.74) is 5.92. The summed E-state index contributed by atoms with van der Waals surface area (Å²) in [6.45, 7) is 8.38. The normalized spacial score (nSPS) is 16.2. The first kappa shape index (κ1) is 20.2. The summed E-state index contributed by atoms with van der Waals surface area (Å²) < 4.78 is 5.37. The first-order valence-electron chi connectivity index (χ1n) is 10.1. The Morgan fingerprint density at radius 3 is 2.50 bits per heavy atom. The Morgan fingerprint density at radius 2 is 1.82 bits per heavy atom. The molecule has 4 heteroatoms. The minimum Gasteiger partial charge on any atom is -0.444 e. The molecule has 0 heterocycles. The van der Waals surface area contributed by atoms with E-state index in [4.69, 9.17) is 4.74 Å². The van der Waals surface area contributed by atoms with Gasteiger partial charge in [0.05, 0.1) is 0 Å². The molecular formula is C24H32N2O2. The first-order chi connectivity index (χ1) is 13.2. The average molecular weight is 381 g/mol. The van der Waals surface area contributed by atoms with Gasteiger partial charge in [-0.25, -0.2) is 4.79 Å². The van der Waals surface area contributed by atoms with E-state index in [-0.39, 0.29) is 6.09 Å². The minimum atomic E-state index is -0.468. The summed E-state index contributed by atoms with van der Waals surface area (Å²) in [7, 11) is 2.11. The minimum absolute atomic E-state index is 0.338. The van der Waals surface area contributed by atoms with Crippen LogP contribution in [0, 0.1) is 6.92 Å². The molecule has 2 aromatic rings. The summed E-state index contributed by atoms with van der Waals surface area (Å²) >= 11 is 0. The predicted octanol–water partition coefficient (Wildman–Crippen LogP) is 5.71. The number of hydrogen-bond donors (Lipinski definition) is 1. The Balaban J connectivity index is 1.71. The molecule has 150 valence electrons. The predicted molar refractivity (Wildman–Crippen MR) is 116 cm³/mol. The molecular weight excluding hydrogens is 348 g/mol. The number of amides is 1. The molecule has 1 aliphatic carbocycles. The average Bonchev–Trinajstić information content (AvgIpc) is 2.64. The number of alkyl carbamates (subject to hydrolysis) is 1. The highest BCUT2D eigenvalue weighted by Gasteiger charge is 2.23. The third-order valence-electron chi connectivity index (χ3n) is 5.27. The SMILES string of the molecule is Cc1ccc(N(C)c2ccc3c(c2)CCC[C@H]3CNC(=O)OC(C)(C)C)cc1. The van der Waals surface area contributed by atoms with Crippen LogP contribution in [0.1, 0.15) is 56.2 Å². The number of carbonyl (C=O) groups is 1. The van der Waals surface area contributed by atoms with Gasteiger partial charge in [-0.15, -0.1) is 0 Å². The van der Waals surface area contributed by atoms with Crippen LogP contribution in [0.5, 0.6) is 0 Å². The van der Waals surface area contributed by atoms with Gasteiger partial charge in [0, 0.05) is 30.9 Å². The van der Waals surface area contributed by atoms with Gasteiger partial charge in [-0.05, 0) is 82.3 Å². The van der Waals surface area contributed by atoms with Crippen LogP contribution in [-0.4, -0.2) is 25.3 Å². The Morgan fingerprint density at radius 1 is 1.14 bits per heavy atom. The molecule has 3 rings (SSSR count). The second-order valence-electron chi connectivity index (χ2n) is 8.75. The van der Waals surface area contributed by atoms with Gasteiger partial charge in [0.2, 0.25) is 0 Å². The number of carbonyl (C=O) groups excluding carboxylic acids is 1. The number of nitrogens with zero attached hydrogens (tertiary/aromatic N) is 1. The van der Waals surface area contributed by atoms with Crippen LogP contribution in [-0.2, 0) is 11.2 Å². The lowest BCUT2D eigenvalue weighted by molar-refractivity contribution is 0.0523. The van der Waals surface area contributed by atoms with Gasteiger partial charge in [0.1, 0.15) is 5.60 Å². The maximum Gasteiger partial charge on any atom is 0.407 e. The molecule has 0 radical (unpaired) electrons. The van der Waals surface area contributed by atoms with Crippen LogP contribution < -0.4 is 10.2 Å². The molecule has 1 N–H and O–H groups in total. The van der Waals surface area contributed by atoms with Crippen molar-refractivity contribution in [3.05, 3.63) is 59.2 Å². The lowest BCUT2D eigenvalue weighted by Gasteiger charge is -2.28. The lowest BCUT2D eigenvalue weighted by atomic mass is 9.82. The van der Waals surface area contributed by atoms with Gasteiger partial charge >= 0.3 is 6.09 Å². The van der Waals surface area contributed by atoms with Crippen LogP contribution in [0.3, 0.4) is 0 Å². The molecule has 0 bridgehead atoms. The Bertz CT molecular complexity index is 821. The van der Waals surface area contributed by atoms with Crippen molar-refractivity contribution >= 4 is 17.5 Å². The van der Waals surface area contributed by atoms with Crippen LogP contribution in [0.2, 0.25) is 0 Å². The number of aryl methyl sites for hydroxylation is 2. The van der Waals surface area contributed by atoms with E-state index < -0.39 is 5.60 Å². The lowest BCUT2D eigenvalue weighted by Crippen LogP contribution is -2.35. The van der Waals surface area contributed by atoms with Crippen molar-refractivity contribution in [2.45, 2.75) is 58.5 Å². The largest absolute Gasteiger partial charge is 0.444 e. The number of fused-ring (bicyclic) bond motifs is 1. The van der Waals surface area contributed by atoms with Gasteiger partial charge in [-0.2, -0.15) is 0 Å². The molecule has 1 amide bonds. The highest BCUT2D eigenvalue weighted by atomic mass is 16.6. The van der Waals surface area contributed by atoms with E-state index in [0.717, 1.165) is 19.3 Å². The molecule has 0 aromatic heterocycles. The van der Waals surface area contributed by atoms with E-state index in [9.17, 15) is 4.79 Å². The van der Waals surface area contributed by atoms with Crippen molar-refractivity contribution in [2.75, 3.05) is 18.5 Å². The third kappa shape index (κ3) is 5.06. The van der Waals surface area contributed by atoms with Crippen molar-refractivity contribution in [1.29, 1.82) is 0 Å². The van der Waals surface area contributed by atoms with Gasteiger partial charge in [-0.3, -0.25) is 0 Å². The van der Waals surface area contributed by atoms with Gasteiger partial charge in [0.25, 0.3) is 0 Å². The fraction of sp³-hybridized carbons (Fsp3) is 0.458.